The number of hydrogen-bond donors (Lipinski definition) is 2. The molecule has 2 rings (SSSR count). The molecular formula is C18H18N2O3. The van der Waals surface area contributed by atoms with Gasteiger partial charge in [0.25, 0.3) is 5.91 Å². The van der Waals surface area contributed by atoms with Crippen LogP contribution in [-0.2, 0) is 9.59 Å². The van der Waals surface area contributed by atoms with Crippen LogP contribution < -0.4 is 11.1 Å². The van der Waals surface area contributed by atoms with Gasteiger partial charge in [0, 0.05) is 5.56 Å². The highest BCUT2D eigenvalue weighted by Crippen LogP contribution is 2.21. The van der Waals surface area contributed by atoms with Gasteiger partial charge in [-0.2, -0.15) is 0 Å². The first kappa shape index (κ1) is 16.4. The Labute approximate surface area is 134 Å². The molecule has 0 saturated carbocycles. The Morgan fingerprint density at radius 3 is 2.00 bits per heavy atom. The molecule has 3 N–H and O–H groups in total. The first-order chi connectivity index (χ1) is 10.9. The van der Waals surface area contributed by atoms with E-state index in [1.165, 1.54) is 13.8 Å². The van der Waals surface area contributed by atoms with Crippen LogP contribution in [0.2, 0.25) is 0 Å². The minimum atomic E-state index is -0.781. The monoisotopic (exact) mass is 310 g/mol. The Bertz CT molecular complexity index is 737. The van der Waals surface area contributed by atoms with E-state index in [0.717, 1.165) is 0 Å². The van der Waals surface area contributed by atoms with Gasteiger partial charge in [-0.05, 0) is 43.7 Å². The smallest absolute Gasteiger partial charge is 0.255 e. The van der Waals surface area contributed by atoms with E-state index in [-0.39, 0.29) is 17.5 Å². The van der Waals surface area contributed by atoms with Crippen LogP contribution in [0.5, 0.6) is 0 Å². The van der Waals surface area contributed by atoms with Crippen molar-refractivity contribution in [3.8, 4) is 0 Å². The molecule has 118 valence electrons. The average molecular weight is 310 g/mol. The second kappa shape index (κ2) is 6.87. The number of Topliss-reactive ketones (excluding diaryl/α,β-unsaturated/α-hetero) is 2. The van der Waals surface area contributed by atoms with E-state index >= 15 is 0 Å². The van der Waals surface area contributed by atoms with Crippen LogP contribution in [0.15, 0.2) is 48.5 Å². The molecule has 0 aliphatic rings. The number of carbonyl (C=O) groups is 3. The number of benzene rings is 2. The molecule has 0 bridgehead atoms. The zero-order valence-electron chi connectivity index (χ0n) is 13.0. The fraction of sp³-hybridized carbons (Fsp3) is 0.167. The third kappa shape index (κ3) is 3.83. The summed E-state index contributed by atoms with van der Waals surface area (Å²) in [6.07, 6.45) is 0. The van der Waals surface area contributed by atoms with E-state index in [9.17, 15) is 14.4 Å². The van der Waals surface area contributed by atoms with E-state index in [4.69, 9.17) is 5.73 Å². The zero-order chi connectivity index (χ0) is 17.0. The molecule has 0 unspecified atom stereocenters. The SMILES string of the molecule is CC(=O)C(C(C)=O)c1ccc(C(=O)Nc2ccccc2N)cc1. The van der Waals surface area contributed by atoms with Crippen molar-refractivity contribution in [3.05, 3.63) is 59.7 Å². The highest BCUT2D eigenvalue weighted by atomic mass is 16.2. The third-order valence-corrected chi connectivity index (χ3v) is 3.53. The lowest BCUT2D eigenvalue weighted by Crippen LogP contribution is -2.18. The first-order valence-corrected chi connectivity index (χ1v) is 7.17. The van der Waals surface area contributed by atoms with Gasteiger partial charge in [0.05, 0.1) is 11.4 Å². The number of nitrogen functional groups attached to an aromatic ring is 1. The van der Waals surface area contributed by atoms with Crippen molar-refractivity contribution < 1.29 is 14.4 Å². The van der Waals surface area contributed by atoms with Crippen LogP contribution in [-0.4, -0.2) is 17.5 Å². The van der Waals surface area contributed by atoms with Crippen molar-refractivity contribution in [2.45, 2.75) is 19.8 Å². The molecule has 0 aromatic heterocycles. The van der Waals surface area contributed by atoms with Crippen LogP contribution in [0, 0.1) is 0 Å². The van der Waals surface area contributed by atoms with Crippen molar-refractivity contribution in [1.82, 2.24) is 0 Å². The quantitative estimate of drug-likeness (QED) is 0.656. The van der Waals surface area contributed by atoms with Gasteiger partial charge >= 0.3 is 0 Å². The summed E-state index contributed by atoms with van der Waals surface area (Å²) >= 11 is 0. The van der Waals surface area contributed by atoms with Crippen molar-refractivity contribution in [2.75, 3.05) is 11.1 Å². The minimum absolute atomic E-state index is 0.216. The average Bonchev–Trinajstić information content (AvgIpc) is 2.49. The summed E-state index contributed by atoms with van der Waals surface area (Å²) in [6, 6.07) is 13.4. The van der Waals surface area contributed by atoms with E-state index in [1.807, 2.05) is 0 Å². The largest absolute Gasteiger partial charge is 0.397 e. The standard InChI is InChI=1S/C18H18N2O3/c1-11(21)17(12(2)22)13-7-9-14(10-8-13)18(23)20-16-6-4-3-5-15(16)19/h3-10,17H,19H2,1-2H3,(H,20,23). The second-order valence-electron chi connectivity index (χ2n) is 5.32. The van der Waals surface area contributed by atoms with Crippen molar-refractivity contribution >= 4 is 28.8 Å². The Kier molecular flexibility index (Phi) is 4.91. The molecule has 1 amide bonds. The number of anilines is 2. The maximum Gasteiger partial charge on any atom is 0.255 e. The lowest BCUT2D eigenvalue weighted by molar-refractivity contribution is -0.126. The summed E-state index contributed by atoms with van der Waals surface area (Å²) in [5.41, 5.74) is 7.80. The van der Waals surface area contributed by atoms with Gasteiger partial charge in [-0.3, -0.25) is 14.4 Å². The molecule has 5 nitrogen and oxygen atoms in total. The summed E-state index contributed by atoms with van der Waals surface area (Å²) in [4.78, 5) is 35.4. The molecule has 0 saturated heterocycles. The van der Waals surface area contributed by atoms with E-state index in [1.54, 1.807) is 48.5 Å². The van der Waals surface area contributed by atoms with Gasteiger partial charge in [-0.1, -0.05) is 24.3 Å². The fourth-order valence-electron chi connectivity index (χ4n) is 2.39. The predicted octanol–water partition coefficient (Wildman–Crippen LogP) is 2.78. The first-order valence-electron chi connectivity index (χ1n) is 7.17. The number of rotatable bonds is 5. The maximum absolute atomic E-state index is 12.2. The van der Waals surface area contributed by atoms with Crippen LogP contribution in [0.1, 0.15) is 35.7 Å². The molecule has 0 heterocycles. The van der Waals surface area contributed by atoms with Crippen LogP contribution in [0.4, 0.5) is 11.4 Å². The topological polar surface area (TPSA) is 89.3 Å². The van der Waals surface area contributed by atoms with Crippen LogP contribution in [0.25, 0.3) is 0 Å². The number of nitrogens with one attached hydrogen (secondary N) is 1. The molecule has 5 heteroatoms. The Morgan fingerprint density at radius 1 is 0.913 bits per heavy atom. The highest BCUT2D eigenvalue weighted by molar-refractivity contribution is 6.07. The number of para-hydroxylation sites is 2. The Hall–Kier alpha value is -2.95. The highest BCUT2D eigenvalue weighted by Gasteiger charge is 2.21. The van der Waals surface area contributed by atoms with Crippen LogP contribution >= 0.6 is 0 Å². The molecule has 0 spiro atoms. The molecule has 2 aromatic carbocycles. The second-order valence-corrected chi connectivity index (χ2v) is 5.32. The molecule has 0 aliphatic heterocycles. The molecular weight excluding hydrogens is 292 g/mol. The summed E-state index contributed by atoms with van der Waals surface area (Å²) in [5, 5.41) is 2.72. The lowest BCUT2D eigenvalue weighted by atomic mass is 9.91. The van der Waals surface area contributed by atoms with E-state index in [2.05, 4.69) is 5.32 Å². The van der Waals surface area contributed by atoms with Gasteiger partial charge in [0.1, 0.15) is 17.5 Å². The van der Waals surface area contributed by atoms with Crippen molar-refractivity contribution in [2.24, 2.45) is 0 Å². The Morgan fingerprint density at radius 2 is 1.48 bits per heavy atom. The van der Waals surface area contributed by atoms with Gasteiger partial charge in [0.15, 0.2) is 0 Å². The Balaban J connectivity index is 2.19. The van der Waals surface area contributed by atoms with Crippen molar-refractivity contribution in [1.29, 1.82) is 0 Å². The third-order valence-electron chi connectivity index (χ3n) is 3.53. The van der Waals surface area contributed by atoms with Gasteiger partial charge in [0.2, 0.25) is 0 Å². The van der Waals surface area contributed by atoms with Crippen LogP contribution in [0.3, 0.4) is 0 Å². The van der Waals surface area contributed by atoms with E-state index in [0.29, 0.717) is 22.5 Å². The molecule has 0 radical (unpaired) electrons. The molecule has 0 atom stereocenters. The summed E-state index contributed by atoms with van der Waals surface area (Å²) < 4.78 is 0. The van der Waals surface area contributed by atoms with Gasteiger partial charge < -0.3 is 11.1 Å². The van der Waals surface area contributed by atoms with Gasteiger partial charge in [-0.15, -0.1) is 0 Å². The lowest BCUT2D eigenvalue weighted by Gasteiger charge is -2.12. The zero-order valence-corrected chi connectivity index (χ0v) is 13.0. The predicted molar refractivity (Wildman–Crippen MR) is 89.4 cm³/mol. The van der Waals surface area contributed by atoms with Crippen molar-refractivity contribution in [3.63, 3.8) is 0 Å². The number of hydrogen-bond acceptors (Lipinski definition) is 4. The molecule has 23 heavy (non-hydrogen) atoms. The minimum Gasteiger partial charge on any atom is -0.397 e. The normalized spacial score (nSPS) is 10.4. The number of nitrogens with two attached hydrogens (primary N) is 1. The fourth-order valence-corrected chi connectivity index (χ4v) is 2.39. The molecule has 0 aliphatic carbocycles. The summed E-state index contributed by atoms with van der Waals surface area (Å²) in [7, 11) is 0. The summed E-state index contributed by atoms with van der Waals surface area (Å²) in [6.45, 7) is 2.76. The number of carbonyl (C=O) groups excluding carboxylic acids is 3. The number of amides is 1. The number of ketones is 2. The molecule has 0 fully saturated rings. The summed E-state index contributed by atoms with van der Waals surface area (Å²) in [5.74, 6) is -1.52. The molecule has 2 aromatic rings. The maximum atomic E-state index is 12.2. The van der Waals surface area contributed by atoms with E-state index < -0.39 is 5.92 Å². The van der Waals surface area contributed by atoms with Gasteiger partial charge in [-0.25, -0.2) is 0 Å².